The fourth-order valence-corrected chi connectivity index (χ4v) is 3.94. The second-order valence-corrected chi connectivity index (χ2v) is 6.87. The van der Waals surface area contributed by atoms with E-state index in [1.54, 1.807) is 24.3 Å². The van der Waals surface area contributed by atoms with Crippen LogP contribution < -0.4 is 0 Å². The molecular formula is C14H17ClO2S. The smallest absolute Gasteiger partial charge is 0.175 e. The lowest BCUT2D eigenvalue weighted by molar-refractivity contribution is 0.102. The van der Waals surface area contributed by atoms with Crippen molar-refractivity contribution in [3.63, 3.8) is 0 Å². The van der Waals surface area contributed by atoms with Crippen molar-refractivity contribution in [1.29, 1.82) is 0 Å². The van der Waals surface area contributed by atoms with Crippen LogP contribution in [0.4, 0.5) is 0 Å². The van der Waals surface area contributed by atoms with Gasteiger partial charge in [-0.15, -0.1) is 0 Å². The van der Waals surface area contributed by atoms with Gasteiger partial charge in [0.05, 0.1) is 5.75 Å². The molecule has 1 unspecified atom stereocenters. The quantitative estimate of drug-likeness (QED) is 0.792. The fraction of sp³-hybridized carbons (Fsp3) is 0.500. The Balaban J connectivity index is 1.94. The first kappa shape index (κ1) is 13.8. The minimum absolute atomic E-state index is 0.0458. The van der Waals surface area contributed by atoms with Crippen molar-refractivity contribution in [2.75, 3.05) is 5.75 Å². The standard InChI is InChI=1S/C14H17ClO2S/c15-12-8-6-11(7-9-12)14(16)10-18(17)13-4-2-1-3-5-13/h6-9,13H,1-5,10H2. The molecule has 0 saturated heterocycles. The maximum Gasteiger partial charge on any atom is 0.175 e. The Labute approximate surface area is 115 Å². The summed E-state index contributed by atoms with van der Waals surface area (Å²) in [6.45, 7) is 0. The van der Waals surface area contributed by atoms with Crippen LogP contribution in [0.3, 0.4) is 0 Å². The molecule has 1 atom stereocenters. The van der Waals surface area contributed by atoms with E-state index in [1.165, 1.54) is 6.42 Å². The number of Topliss-reactive ketones (excluding diaryl/α,β-unsaturated/α-hetero) is 1. The zero-order valence-electron chi connectivity index (χ0n) is 10.2. The average molecular weight is 285 g/mol. The molecule has 0 aliphatic heterocycles. The van der Waals surface area contributed by atoms with E-state index in [4.69, 9.17) is 11.6 Å². The predicted molar refractivity (Wildman–Crippen MR) is 75.7 cm³/mol. The number of rotatable bonds is 4. The van der Waals surface area contributed by atoms with Gasteiger partial charge in [-0.3, -0.25) is 9.00 Å². The molecule has 98 valence electrons. The third-order valence-electron chi connectivity index (χ3n) is 3.36. The lowest BCUT2D eigenvalue weighted by Crippen LogP contribution is -2.24. The summed E-state index contributed by atoms with van der Waals surface area (Å²) in [5.41, 5.74) is 0.601. The van der Waals surface area contributed by atoms with E-state index >= 15 is 0 Å². The van der Waals surface area contributed by atoms with Crippen LogP contribution in [0.25, 0.3) is 0 Å². The van der Waals surface area contributed by atoms with Crippen LogP contribution in [-0.4, -0.2) is 21.0 Å². The lowest BCUT2D eigenvalue weighted by atomic mass is 10.0. The summed E-state index contributed by atoms with van der Waals surface area (Å²) < 4.78 is 12.1. The second-order valence-electron chi connectivity index (χ2n) is 4.72. The first-order chi connectivity index (χ1) is 8.66. The number of hydrogen-bond acceptors (Lipinski definition) is 2. The third kappa shape index (κ3) is 3.66. The number of hydrogen-bond donors (Lipinski definition) is 0. The molecule has 0 aromatic heterocycles. The van der Waals surface area contributed by atoms with Crippen molar-refractivity contribution < 1.29 is 9.00 Å². The average Bonchev–Trinajstić information content (AvgIpc) is 2.40. The number of ketones is 1. The topological polar surface area (TPSA) is 34.1 Å². The maximum atomic E-state index is 12.1. The molecule has 1 saturated carbocycles. The molecule has 0 spiro atoms. The highest BCUT2D eigenvalue weighted by Crippen LogP contribution is 2.22. The van der Waals surface area contributed by atoms with Crippen molar-refractivity contribution in [3.05, 3.63) is 34.9 Å². The van der Waals surface area contributed by atoms with E-state index < -0.39 is 10.8 Å². The zero-order chi connectivity index (χ0) is 13.0. The van der Waals surface area contributed by atoms with Crippen LogP contribution in [0.15, 0.2) is 24.3 Å². The van der Waals surface area contributed by atoms with Crippen LogP contribution >= 0.6 is 11.6 Å². The van der Waals surface area contributed by atoms with Gasteiger partial charge in [0.25, 0.3) is 0 Å². The van der Waals surface area contributed by atoms with Gasteiger partial charge in [0, 0.05) is 26.6 Å². The molecule has 2 rings (SSSR count). The molecule has 0 radical (unpaired) electrons. The first-order valence-corrected chi connectivity index (χ1v) is 8.09. The van der Waals surface area contributed by atoms with E-state index in [-0.39, 0.29) is 16.8 Å². The third-order valence-corrected chi connectivity index (χ3v) is 5.38. The fourth-order valence-electron chi connectivity index (χ4n) is 2.29. The van der Waals surface area contributed by atoms with Crippen molar-refractivity contribution in [3.8, 4) is 0 Å². The van der Waals surface area contributed by atoms with Crippen LogP contribution in [0.1, 0.15) is 42.5 Å². The summed E-state index contributed by atoms with van der Waals surface area (Å²) in [6, 6.07) is 6.78. The summed E-state index contributed by atoms with van der Waals surface area (Å²) in [5, 5.41) is 0.829. The van der Waals surface area contributed by atoms with Crippen LogP contribution in [0.5, 0.6) is 0 Å². The molecule has 1 aliphatic carbocycles. The number of carbonyl (C=O) groups excluding carboxylic acids is 1. The second kappa shape index (κ2) is 6.48. The van der Waals surface area contributed by atoms with E-state index in [1.807, 2.05) is 0 Å². The van der Waals surface area contributed by atoms with Crippen molar-refractivity contribution >= 4 is 28.2 Å². The Bertz CT molecular complexity index is 436. The highest BCUT2D eigenvalue weighted by molar-refractivity contribution is 7.86. The summed E-state index contributed by atoms with van der Waals surface area (Å²) >= 11 is 5.77. The largest absolute Gasteiger partial charge is 0.293 e. The predicted octanol–water partition coefficient (Wildman–Crippen LogP) is 3.60. The van der Waals surface area contributed by atoms with E-state index in [0.717, 1.165) is 25.7 Å². The molecule has 0 amide bonds. The van der Waals surface area contributed by atoms with Gasteiger partial charge >= 0.3 is 0 Å². The number of benzene rings is 1. The van der Waals surface area contributed by atoms with E-state index in [9.17, 15) is 9.00 Å². The molecule has 1 fully saturated rings. The van der Waals surface area contributed by atoms with E-state index in [0.29, 0.717) is 10.6 Å². The highest BCUT2D eigenvalue weighted by atomic mass is 35.5. The zero-order valence-corrected chi connectivity index (χ0v) is 11.8. The molecule has 1 aromatic rings. The normalized spacial score (nSPS) is 18.5. The Kier molecular flexibility index (Phi) is 4.95. The summed E-state index contributed by atoms with van der Waals surface area (Å²) in [5.74, 6) is 0.0994. The summed E-state index contributed by atoms with van der Waals surface area (Å²) in [6.07, 6.45) is 5.52. The summed E-state index contributed by atoms with van der Waals surface area (Å²) in [7, 11) is -1.02. The van der Waals surface area contributed by atoms with Gasteiger partial charge in [-0.05, 0) is 37.1 Å². The summed E-state index contributed by atoms with van der Waals surface area (Å²) in [4.78, 5) is 12.0. The Hall–Kier alpha value is -0.670. The molecule has 0 heterocycles. The SMILES string of the molecule is O=C(CS(=O)C1CCCCC1)c1ccc(Cl)cc1. The van der Waals surface area contributed by atoms with Gasteiger partial charge in [-0.1, -0.05) is 30.9 Å². The van der Waals surface area contributed by atoms with Crippen LogP contribution in [0.2, 0.25) is 5.02 Å². The highest BCUT2D eigenvalue weighted by Gasteiger charge is 2.22. The Morgan fingerprint density at radius 1 is 1.17 bits per heavy atom. The van der Waals surface area contributed by atoms with Gasteiger partial charge in [-0.2, -0.15) is 0 Å². The minimum atomic E-state index is -1.02. The molecule has 2 nitrogen and oxygen atoms in total. The molecular weight excluding hydrogens is 268 g/mol. The number of carbonyl (C=O) groups is 1. The Morgan fingerprint density at radius 3 is 2.39 bits per heavy atom. The van der Waals surface area contributed by atoms with Crippen molar-refractivity contribution in [2.45, 2.75) is 37.4 Å². The monoisotopic (exact) mass is 284 g/mol. The van der Waals surface area contributed by atoms with Gasteiger partial charge in [0.2, 0.25) is 0 Å². The van der Waals surface area contributed by atoms with Crippen LogP contribution in [0, 0.1) is 0 Å². The van der Waals surface area contributed by atoms with Crippen molar-refractivity contribution in [2.24, 2.45) is 0 Å². The Morgan fingerprint density at radius 2 is 1.78 bits per heavy atom. The minimum Gasteiger partial charge on any atom is -0.293 e. The molecule has 1 aromatic carbocycles. The lowest BCUT2D eigenvalue weighted by Gasteiger charge is -2.20. The van der Waals surface area contributed by atoms with Gasteiger partial charge in [-0.25, -0.2) is 0 Å². The van der Waals surface area contributed by atoms with Crippen LogP contribution in [-0.2, 0) is 10.8 Å². The van der Waals surface area contributed by atoms with Gasteiger partial charge < -0.3 is 0 Å². The molecule has 0 bridgehead atoms. The maximum absolute atomic E-state index is 12.1. The van der Waals surface area contributed by atoms with E-state index in [2.05, 4.69) is 0 Å². The van der Waals surface area contributed by atoms with Crippen molar-refractivity contribution in [1.82, 2.24) is 0 Å². The van der Waals surface area contributed by atoms with Gasteiger partial charge in [0.15, 0.2) is 5.78 Å². The first-order valence-electron chi connectivity index (χ1n) is 6.33. The number of halogens is 1. The molecule has 18 heavy (non-hydrogen) atoms. The van der Waals surface area contributed by atoms with Gasteiger partial charge in [0.1, 0.15) is 0 Å². The molecule has 1 aliphatic rings. The molecule has 4 heteroatoms. The molecule has 0 N–H and O–H groups in total.